The van der Waals surface area contributed by atoms with Crippen LogP contribution in [0.5, 0.6) is 0 Å². The average Bonchev–Trinajstić information content (AvgIpc) is 3.23. The predicted octanol–water partition coefficient (Wildman–Crippen LogP) is 1.32. The minimum Gasteiger partial charge on any atom is -0.383 e. The maximum Gasteiger partial charge on any atom is 0.186 e. The number of fused-ring (bicyclic) bond motifs is 1. The summed E-state index contributed by atoms with van der Waals surface area (Å²) in [6, 6.07) is 0. The van der Waals surface area contributed by atoms with E-state index in [0.29, 0.717) is 12.2 Å². The zero-order valence-electron chi connectivity index (χ0n) is 15.1. The van der Waals surface area contributed by atoms with Gasteiger partial charge in [0.2, 0.25) is 0 Å². The molecule has 1 aliphatic carbocycles. The highest BCUT2D eigenvalue weighted by molar-refractivity contribution is 5.08. The van der Waals surface area contributed by atoms with E-state index in [0.717, 1.165) is 25.7 Å². The van der Waals surface area contributed by atoms with Crippen molar-refractivity contribution in [2.45, 2.75) is 88.5 Å². The zero-order valence-corrected chi connectivity index (χ0v) is 15.1. The number of nitrogens with zero attached hydrogens (tertiary/aromatic N) is 3. The van der Waals surface area contributed by atoms with Gasteiger partial charge in [0.15, 0.2) is 12.1 Å². The van der Waals surface area contributed by atoms with E-state index in [2.05, 4.69) is 10.3 Å². The van der Waals surface area contributed by atoms with E-state index < -0.39 is 17.7 Å². The molecule has 1 N–H and O–H groups in total. The van der Waals surface area contributed by atoms with Crippen LogP contribution < -0.4 is 0 Å². The van der Waals surface area contributed by atoms with Crippen LogP contribution in [0.25, 0.3) is 0 Å². The third-order valence-corrected chi connectivity index (χ3v) is 5.40. The number of methoxy groups -OCH3 is 1. The smallest absolute Gasteiger partial charge is 0.186 e. The second kappa shape index (κ2) is 6.28. The van der Waals surface area contributed by atoms with Crippen LogP contribution in [0.15, 0.2) is 6.20 Å². The molecule has 1 saturated carbocycles. The van der Waals surface area contributed by atoms with Gasteiger partial charge in [0.25, 0.3) is 0 Å². The Morgan fingerprint density at radius 1 is 1.24 bits per heavy atom. The molecule has 8 heteroatoms. The monoisotopic (exact) mass is 353 g/mol. The lowest BCUT2D eigenvalue weighted by Crippen LogP contribution is -2.33. The van der Waals surface area contributed by atoms with Gasteiger partial charge in [-0.3, -0.25) is 0 Å². The van der Waals surface area contributed by atoms with Gasteiger partial charge in [-0.1, -0.05) is 24.5 Å². The fourth-order valence-electron chi connectivity index (χ4n) is 4.16. The molecule has 8 nitrogen and oxygen atoms in total. The lowest BCUT2D eigenvalue weighted by atomic mass is 9.83. The maximum absolute atomic E-state index is 10.8. The van der Waals surface area contributed by atoms with Gasteiger partial charge >= 0.3 is 0 Å². The van der Waals surface area contributed by atoms with Crippen LogP contribution in [0, 0.1) is 0 Å². The second-order valence-corrected chi connectivity index (χ2v) is 7.76. The van der Waals surface area contributed by atoms with Crippen molar-refractivity contribution in [3.63, 3.8) is 0 Å². The predicted molar refractivity (Wildman–Crippen MR) is 86.5 cm³/mol. The van der Waals surface area contributed by atoms with Crippen molar-refractivity contribution >= 4 is 0 Å². The SMILES string of the molecule is CO[C@@H]1OC(Cn2cc(C3(O)CCCCC3)nn2)[C@H]2OC(C)(C)O[C@@H]12. The van der Waals surface area contributed by atoms with Gasteiger partial charge in [-0.05, 0) is 26.7 Å². The normalized spacial score (nSPS) is 36.5. The van der Waals surface area contributed by atoms with Gasteiger partial charge in [0, 0.05) is 7.11 Å². The summed E-state index contributed by atoms with van der Waals surface area (Å²) in [5.74, 6) is -0.654. The number of aromatic nitrogens is 3. The summed E-state index contributed by atoms with van der Waals surface area (Å²) in [5, 5.41) is 19.2. The molecule has 4 rings (SSSR count). The van der Waals surface area contributed by atoms with E-state index in [4.69, 9.17) is 18.9 Å². The number of rotatable bonds is 4. The van der Waals surface area contributed by atoms with Gasteiger partial charge in [0.05, 0.1) is 12.7 Å². The van der Waals surface area contributed by atoms with Crippen molar-refractivity contribution in [2.75, 3.05) is 7.11 Å². The van der Waals surface area contributed by atoms with E-state index in [1.807, 2.05) is 20.0 Å². The van der Waals surface area contributed by atoms with Crippen molar-refractivity contribution in [1.29, 1.82) is 0 Å². The molecule has 2 aliphatic heterocycles. The first-order valence-electron chi connectivity index (χ1n) is 9.07. The summed E-state index contributed by atoms with van der Waals surface area (Å²) < 4.78 is 24.9. The Labute approximate surface area is 147 Å². The highest BCUT2D eigenvalue weighted by Crippen LogP contribution is 2.40. The first-order valence-corrected chi connectivity index (χ1v) is 9.07. The molecule has 0 spiro atoms. The topological polar surface area (TPSA) is 87.9 Å². The van der Waals surface area contributed by atoms with Crippen molar-refractivity contribution in [2.24, 2.45) is 0 Å². The minimum atomic E-state index is -0.848. The summed E-state index contributed by atoms with van der Waals surface area (Å²) in [4.78, 5) is 0. The Hall–Kier alpha value is -1.06. The number of hydrogen-bond acceptors (Lipinski definition) is 7. The zero-order chi connectivity index (χ0) is 17.7. The fraction of sp³-hybridized carbons (Fsp3) is 0.882. The molecule has 0 bridgehead atoms. The molecule has 3 heterocycles. The largest absolute Gasteiger partial charge is 0.383 e. The van der Waals surface area contributed by atoms with Crippen LogP contribution in [-0.4, -0.2) is 57.6 Å². The standard InChI is InChI=1S/C17H27N3O5/c1-16(2)24-13-11(23-15(22-3)14(13)25-16)9-20-10-12(18-19-20)17(21)7-5-4-6-8-17/h10-11,13-15,21H,4-9H2,1-3H3/t11?,13-,14-,15-/m1/s1. The summed E-state index contributed by atoms with van der Waals surface area (Å²) in [7, 11) is 1.60. The lowest BCUT2D eigenvalue weighted by Gasteiger charge is -2.29. The minimum absolute atomic E-state index is 0.217. The van der Waals surface area contributed by atoms with E-state index in [9.17, 15) is 5.11 Å². The fourth-order valence-corrected chi connectivity index (χ4v) is 4.16. The van der Waals surface area contributed by atoms with Gasteiger partial charge in [-0.25, -0.2) is 4.68 Å². The Balaban J connectivity index is 1.47. The molecule has 2 saturated heterocycles. The molecule has 3 fully saturated rings. The molecular weight excluding hydrogens is 326 g/mol. The van der Waals surface area contributed by atoms with Crippen molar-refractivity contribution in [3.05, 3.63) is 11.9 Å². The highest BCUT2D eigenvalue weighted by Gasteiger charge is 2.55. The first kappa shape index (κ1) is 17.4. The van der Waals surface area contributed by atoms with E-state index >= 15 is 0 Å². The molecule has 1 aromatic rings. The molecular formula is C17H27N3O5. The Morgan fingerprint density at radius 2 is 1.96 bits per heavy atom. The Morgan fingerprint density at radius 3 is 2.68 bits per heavy atom. The summed E-state index contributed by atoms with van der Waals surface area (Å²) in [6.45, 7) is 4.26. The van der Waals surface area contributed by atoms with Gasteiger partial charge in [-0.15, -0.1) is 5.10 Å². The quantitative estimate of drug-likeness (QED) is 0.873. The van der Waals surface area contributed by atoms with Crippen molar-refractivity contribution in [3.8, 4) is 0 Å². The Kier molecular flexibility index (Phi) is 4.36. The Bertz CT molecular complexity index is 613. The summed E-state index contributed by atoms with van der Waals surface area (Å²) in [6.07, 6.45) is 5.35. The number of ether oxygens (including phenoxy) is 4. The van der Waals surface area contributed by atoms with Crippen molar-refractivity contribution < 1.29 is 24.1 Å². The van der Waals surface area contributed by atoms with Crippen LogP contribution in [0.3, 0.4) is 0 Å². The number of hydrogen-bond donors (Lipinski definition) is 1. The van der Waals surface area contributed by atoms with Crippen molar-refractivity contribution in [1.82, 2.24) is 15.0 Å². The van der Waals surface area contributed by atoms with E-state index in [1.165, 1.54) is 6.42 Å². The van der Waals surface area contributed by atoms with Gasteiger partial charge < -0.3 is 24.1 Å². The summed E-state index contributed by atoms with van der Waals surface area (Å²) in [5.41, 5.74) is -0.200. The molecule has 0 radical (unpaired) electrons. The lowest BCUT2D eigenvalue weighted by molar-refractivity contribution is -0.228. The molecule has 0 amide bonds. The third kappa shape index (κ3) is 3.21. The van der Waals surface area contributed by atoms with Crippen LogP contribution in [0.1, 0.15) is 51.6 Å². The molecule has 25 heavy (non-hydrogen) atoms. The molecule has 1 unspecified atom stereocenters. The average molecular weight is 353 g/mol. The third-order valence-electron chi connectivity index (χ3n) is 5.40. The summed E-state index contributed by atoms with van der Waals surface area (Å²) >= 11 is 0. The van der Waals surface area contributed by atoms with Gasteiger partial charge in [0.1, 0.15) is 29.6 Å². The van der Waals surface area contributed by atoms with E-state index in [-0.39, 0.29) is 18.3 Å². The molecule has 140 valence electrons. The van der Waals surface area contributed by atoms with Crippen LogP contribution in [-0.2, 0) is 31.1 Å². The molecule has 3 aliphatic rings. The first-order chi connectivity index (χ1) is 11.9. The maximum atomic E-state index is 10.8. The van der Waals surface area contributed by atoms with Crippen LogP contribution in [0.4, 0.5) is 0 Å². The molecule has 4 atom stereocenters. The highest BCUT2D eigenvalue weighted by atomic mass is 16.8. The molecule has 1 aromatic heterocycles. The number of aliphatic hydroxyl groups is 1. The van der Waals surface area contributed by atoms with Crippen LogP contribution >= 0.6 is 0 Å². The second-order valence-electron chi connectivity index (χ2n) is 7.76. The van der Waals surface area contributed by atoms with E-state index in [1.54, 1.807) is 11.8 Å². The molecule has 0 aromatic carbocycles. The van der Waals surface area contributed by atoms with Gasteiger partial charge in [-0.2, -0.15) is 0 Å². The van der Waals surface area contributed by atoms with Crippen LogP contribution in [0.2, 0.25) is 0 Å².